The first-order chi connectivity index (χ1) is 9.19. The highest BCUT2D eigenvalue weighted by atomic mass is 35.5. The van der Waals surface area contributed by atoms with Crippen LogP contribution in [-0.4, -0.2) is 46.6 Å². The van der Waals surface area contributed by atoms with E-state index in [4.69, 9.17) is 21.1 Å². The Kier molecular flexibility index (Phi) is 5.05. The van der Waals surface area contributed by atoms with Crippen molar-refractivity contribution in [1.29, 1.82) is 0 Å². The summed E-state index contributed by atoms with van der Waals surface area (Å²) in [5.74, 6) is 0. The molecule has 1 saturated heterocycles. The molecule has 106 valence electrons. The zero-order valence-corrected chi connectivity index (χ0v) is 12.4. The fraction of sp³-hybridized carbons (Fsp3) is 0.571. The van der Waals surface area contributed by atoms with E-state index in [-0.39, 0.29) is 12.2 Å². The second-order valence-electron chi connectivity index (χ2n) is 4.76. The molecule has 2 atom stereocenters. The molecule has 0 aliphatic carbocycles. The summed E-state index contributed by atoms with van der Waals surface area (Å²) in [6.45, 7) is 2.44. The Morgan fingerprint density at radius 1 is 1.26 bits per heavy atom. The number of anilines is 1. The number of ether oxygens (including phenoxy) is 2. The molecular formula is C14H21ClN2O2. The largest absolute Gasteiger partial charge is 0.377 e. The maximum atomic E-state index is 6.30. The molecular weight excluding hydrogens is 264 g/mol. The van der Waals surface area contributed by atoms with Crippen LogP contribution in [0.5, 0.6) is 0 Å². The standard InChI is InChI=1S/C14H21ClN2O2/c1-16-7-10-4-5-11(6-12(10)15)17-8-13(18-2)14(9-17)19-3/h4-6,13-14,16H,7-9H2,1-3H3. The van der Waals surface area contributed by atoms with Gasteiger partial charge in [0.25, 0.3) is 0 Å². The van der Waals surface area contributed by atoms with Gasteiger partial charge >= 0.3 is 0 Å². The van der Waals surface area contributed by atoms with E-state index in [0.29, 0.717) is 0 Å². The fourth-order valence-electron chi connectivity index (χ4n) is 2.47. The second kappa shape index (κ2) is 6.57. The van der Waals surface area contributed by atoms with Gasteiger partial charge in [-0.3, -0.25) is 0 Å². The van der Waals surface area contributed by atoms with Crippen LogP contribution in [0.4, 0.5) is 5.69 Å². The van der Waals surface area contributed by atoms with Gasteiger partial charge in [-0.15, -0.1) is 0 Å². The molecule has 0 aromatic heterocycles. The number of rotatable bonds is 5. The molecule has 4 nitrogen and oxygen atoms in total. The van der Waals surface area contributed by atoms with E-state index in [0.717, 1.165) is 35.9 Å². The number of benzene rings is 1. The third kappa shape index (κ3) is 3.20. The van der Waals surface area contributed by atoms with E-state index < -0.39 is 0 Å². The normalized spacial score (nSPS) is 23.1. The minimum absolute atomic E-state index is 0.112. The average molecular weight is 285 g/mol. The van der Waals surface area contributed by atoms with Crippen molar-refractivity contribution >= 4 is 17.3 Å². The fourth-order valence-corrected chi connectivity index (χ4v) is 2.72. The summed E-state index contributed by atoms with van der Waals surface area (Å²) < 4.78 is 10.9. The van der Waals surface area contributed by atoms with Crippen molar-refractivity contribution in [1.82, 2.24) is 5.32 Å². The Labute approximate surface area is 119 Å². The van der Waals surface area contributed by atoms with Gasteiger partial charge in [0, 0.05) is 44.6 Å². The van der Waals surface area contributed by atoms with Gasteiger partial charge in [0.15, 0.2) is 0 Å². The molecule has 0 bridgehead atoms. The predicted molar refractivity (Wildman–Crippen MR) is 78.0 cm³/mol. The van der Waals surface area contributed by atoms with Gasteiger partial charge in [0.05, 0.1) is 0 Å². The van der Waals surface area contributed by atoms with Crippen LogP contribution in [0, 0.1) is 0 Å². The lowest BCUT2D eigenvalue weighted by Gasteiger charge is -2.19. The molecule has 1 aromatic rings. The topological polar surface area (TPSA) is 33.7 Å². The third-order valence-corrected chi connectivity index (χ3v) is 3.94. The smallest absolute Gasteiger partial charge is 0.102 e. The average Bonchev–Trinajstić information content (AvgIpc) is 2.84. The monoisotopic (exact) mass is 284 g/mol. The highest BCUT2D eigenvalue weighted by molar-refractivity contribution is 6.31. The van der Waals surface area contributed by atoms with Crippen LogP contribution in [-0.2, 0) is 16.0 Å². The lowest BCUT2D eigenvalue weighted by atomic mass is 10.2. The van der Waals surface area contributed by atoms with Crippen molar-refractivity contribution in [3.63, 3.8) is 0 Å². The van der Waals surface area contributed by atoms with Gasteiger partial charge in [-0.2, -0.15) is 0 Å². The molecule has 1 heterocycles. The Morgan fingerprint density at radius 2 is 1.89 bits per heavy atom. The van der Waals surface area contributed by atoms with Gasteiger partial charge in [-0.05, 0) is 24.7 Å². The zero-order chi connectivity index (χ0) is 13.8. The van der Waals surface area contributed by atoms with Gasteiger partial charge in [-0.1, -0.05) is 17.7 Å². The molecule has 2 rings (SSSR count). The lowest BCUT2D eigenvalue weighted by molar-refractivity contribution is -0.00461. The molecule has 1 aliphatic heterocycles. The van der Waals surface area contributed by atoms with Gasteiger partial charge in [0.2, 0.25) is 0 Å². The summed E-state index contributed by atoms with van der Waals surface area (Å²) >= 11 is 6.30. The molecule has 1 fully saturated rings. The Morgan fingerprint density at radius 3 is 2.37 bits per heavy atom. The third-order valence-electron chi connectivity index (χ3n) is 3.59. The molecule has 1 aliphatic rings. The molecule has 0 amide bonds. The van der Waals surface area contributed by atoms with Crippen molar-refractivity contribution in [2.75, 3.05) is 39.3 Å². The number of halogens is 1. The molecule has 0 radical (unpaired) electrons. The van der Waals surface area contributed by atoms with Crippen molar-refractivity contribution in [2.45, 2.75) is 18.8 Å². The lowest BCUT2D eigenvalue weighted by Crippen LogP contribution is -2.27. The minimum atomic E-state index is 0.112. The van der Waals surface area contributed by atoms with Gasteiger partial charge in [0.1, 0.15) is 12.2 Å². The van der Waals surface area contributed by atoms with Gasteiger partial charge in [-0.25, -0.2) is 0 Å². The molecule has 0 spiro atoms. The zero-order valence-electron chi connectivity index (χ0n) is 11.6. The predicted octanol–water partition coefficient (Wildman–Crippen LogP) is 1.91. The quantitative estimate of drug-likeness (QED) is 0.896. The molecule has 1 aromatic carbocycles. The molecule has 0 saturated carbocycles. The highest BCUT2D eigenvalue weighted by Gasteiger charge is 2.33. The van der Waals surface area contributed by atoms with Crippen LogP contribution in [0.15, 0.2) is 18.2 Å². The molecule has 19 heavy (non-hydrogen) atoms. The Hall–Kier alpha value is -0.810. The van der Waals surface area contributed by atoms with Crippen LogP contribution in [0.25, 0.3) is 0 Å². The SMILES string of the molecule is CNCc1ccc(N2CC(OC)C(OC)C2)cc1Cl. The maximum absolute atomic E-state index is 6.30. The van der Waals surface area contributed by atoms with E-state index in [1.807, 2.05) is 13.1 Å². The second-order valence-corrected chi connectivity index (χ2v) is 5.17. The van der Waals surface area contributed by atoms with Crippen molar-refractivity contribution in [3.8, 4) is 0 Å². The van der Waals surface area contributed by atoms with Crippen LogP contribution >= 0.6 is 11.6 Å². The van der Waals surface area contributed by atoms with Crippen LogP contribution in [0.2, 0.25) is 5.02 Å². The number of hydrogen-bond acceptors (Lipinski definition) is 4. The molecule has 2 unspecified atom stereocenters. The number of nitrogens with one attached hydrogen (secondary N) is 1. The summed E-state index contributed by atoms with van der Waals surface area (Å²) in [5.41, 5.74) is 2.23. The van der Waals surface area contributed by atoms with Crippen molar-refractivity contribution in [3.05, 3.63) is 28.8 Å². The van der Waals surface area contributed by atoms with Crippen LogP contribution < -0.4 is 10.2 Å². The first-order valence-corrected chi connectivity index (χ1v) is 6.81. The first kappa shape index (κ1) is 14.6. The summed E-state index contributed by atoms with van der Waals surface area (Å²) in [6.07, 6.45) is 0.224. The van der Waals surface area contributed by atoms with E-state index >= 15 is 0 Å². The highest BCUT2D eigenvalue weighted by Crippen LogP contribution is 2.27. The Bertz CT molecular complexity index is 416. The minimum Gasteiger partial charge on any atom is -0.377 e. The van der Waals surface area contributed by atoms with E-state index in [1.165, 1.54) is 0 Å². The first-order valence-electron chi connectivity index (χ1n) is 6.43. The maximum Gasteiger partial charge on any atom is 0.102 e. The molecule has 1 N–H and O–H groups in total. The van der Waals surface area contributed by atoms with Crippen LogP contribution in [0.1, 0.15) is 5.56 Å². The summed E-state index contributed by atoms with van der Waals surface area (Å²) in [4.78, 5) is 2.25. The summed E-state index contributed by atoms with van der Waals surface area (Å²) in [5, 5.41) is 3.90. The van der Waals surface area contributed by atoms with Crippen molar-refractivity contribution < 1.29 is 9.47 Å². The summed E-state index contributed by atoms with van der Waals surface area (Å²) in [6, 6.07) is 6.18. The number of methoxy groups -OCH3 is 2. The van der Waals surface area contributed by atoms with Gasteiger partial charge < -0.3 is 19.7 Å². The van der Waals surface area contributed by atoms with Crippen LogP contribution in [0.3, 0.4) is 0 Å². The summed E-state index contributed by atoms with van der Waals surface area (Å²) in [7, 11) is 5.36. The Balaban J connectivity index is 2.13. The number of hydrogen-bond donors (Lipinski definition) is 1. The van der Waals surface area contributed by atoms with E-state index in [2.05, 4.69) is 22.3 Å². The number of nitrogens with zero attached hydrogens (tertiary/aromatic N) is 1. The van der Waals surface area contributed by atoms with E-state index in [9.17, 15) is 0 Å². The molecule has 5 heteroatoms. The van der Waals surface area contributed by atoms with E-state index in [1.54, 1.807) is 14.2 Å². The van der Waals surface area contributed by atoms with Crippen molar-refractivity contribution in [2.24, 2.45) is 0 Å².